The highest BCUT2D eigenvalue weighted by Gasteiger charge is 2.18. The summed E-state index contributed by atoms with van der Waals surface area (Å²) in [5.41, 5.74) is 6.72. The van der Waals surface area contributed by atoms with Gasteiger partial charge >= 0.3 is 0 Å². The number of carbonyl (C=O) groups excluding carboxylic acids is 4. The van der Waals surface area contributed by atoms with Crippen LogP contribution in [0.4, 0.5) is 11.4 Å². The Morgan fingerprint density at radius 1 is 1.00 bits per heavy atom. The van der Waals surface area contributed by atoms with Gasteiger partial charge in [-0.2, -0.15) is 0 Å². The summed E-state index contributed by atoms with van der Waals surface area (Å²) in [5, 5.41) is 10.4. The number of amides is 3. The van der Waals surface area contributed by atoms with Gasteiger partial charge in [-0.15, -0.1) is 0 Å². The van der Waals surface area contributed by atoms with Gasteiger partial charge in [0.05, 0.1) is 19.1 Å². The maximum atomic E-state index is 12.1. The van der Waals surface area contributed by atoms with Crippen LogP contribution >= 0.6 is 0 Å². The number of likely N-dealkylation sites (N-methyl/N-ethyl adjacent to an activating group) is 1. The summed E-state index contributed by atoms with van der Waals surface area (Å²) in [7, 11) is 1.59. The number of anilines is 2. The van der Waals surface area contributed by atoms with E-state index in [-0.39, 0.29) is 49.4 Å². The summed E-state index contributed by atoms with van der Waals surface area (Å²) >= 11 is 0. The molecular weight excluding hydrogens is 338 g/mol. The molecule has 0 saturated carbocycles. The summed E-state index contributed by atoms with van der Waals surface area (Å²) < 4.78 is 0. The number of carbonyl (C=O) groups is 4. The van der Waals surface area contributed by atoms with Gasteiger partial charge in [0.1, 0.15) is 5.78 Å². The van der Waals surface area contributed by atoms with Crippen LogP contribution in [0.5, 0.6) is 0 Å². The van der Waals surface area contributed by atoms with Crippen molar-refractivity contribution in [1.82, 2.24) is 16.0 Å². The summed E-state index contributed by atoms with van der Waals surface area (Å²) in [6.07, 6.45) is 0.329. The minimum absolute atomic E-state index is 0.0272. The normalized spacial score (nSPS) is 11.3. The third kappa shape index (κ3) is 8.25. The van der Waals surface area contributed by atoms with E-state index in [4.69, 9.17) is 5.73 Å². The fourth-order valence-electron chi connectivity index (χ4n) is 2.06. The Morgan fingerprint density at radius 2 is 1.65 bits per heavy atom. The lowest BCUT2D eigenvalue weighted by molar-refractivity contribution is -0.127. The summed E-state index contributed by atoms with van der Waals surface area (Å²) in [6, 6.07) is 6.00. The molecule has 0 aliphatic carbocycles. The number of nitrogens with two attached hydrogens (primary N) is 1. The second-order valence-electron chi connectivity index (χ2n) is 5.75. The number of rotatable bonds is 10. The highest BCUT2D eigenvalue weighted by Crippen LogP contribution is 2.09. The quantitative estimate of drug-likeness (QED) is 0.351. The molecule has 0 aromatic heterocycles. The van der Waals surface area contributed by atoms with Crippen molar-refractivity contribution in [2.75, 3.05) is 31.2 Å². The van der Waals surface area contributed by atoms with Crippen molar-refractivity contribution in [3.8, 4) is 0 Å². The Morgan fingerprint density at radius 3 is 2.23 bits per heavy atom. The first-order valence-corrected chi connectivity index (χ1v) is 8.18. The number of Topliss-reactive ketones (excluding diaryl/α,β-unsaturated/α-hetero) is 1. The van der Waals surface area contributed by atoms with Crippen LogP contribution in [-0.2, 0) is 19.2 Å². The lowest BCUT2D eigenvalue weighted by Crippen LogP contribution is -2.45. The highest BCUT2D eigenvalue weighted by atomic mass is 16.2. The topological polar surface area (TPSA) is 142 Å². The molecule has 1 aromatic carbocycles. The van der Waals surface area contributed by atoms with E-state index >= 15 is 0 Å². The fraction of sp³-hybridized carbons (Fsp3) is 0.412. The molecule has 0 radical (unpaired) electrons. The summed E-state index contributed by atoms with van der Waals surface area (Å²) in [5.74, 6) is -1.22. The average molecular weight is 363 g/mol. The van der Waals surface area contributed by atoms with Crippen molar-refractivity contribution in [3.05, 3.63) is 24.3 Å². The maximum absolute atomic E-state index is 12.1. The van der Waals surface area contributed by atoms with Crippen molar-refractivity contribution >= 4 is 34.9 Å². The zero-order valence-corrected chi connectivity index (χ0v) is 14.9. The van der Waals surface area contributed by atoms with Gasteiger partial charge in [0, 0.05) is 17.8 Å². The van der Waals surface area contributed by atoms with Crippen molar-refractivity contribution in [2.45, 2.75) is 25.8 Å². The monoisotopic (exact) mass is 363 g/mol. The molecule has 26 heavy (non-hydrogen) atoms. The van der Waals surface area contributed by atoms with Crippen molar-refractivity contribution in [3.63, 3.8) is 0 Å². The van der Waals surface area contributed by atoms with Crippen LogP contribution < -0.4 is 27.0 Å². The Hall–Kier alpha value is -2.94. The first kappa shape index (κ1) is 21.1. The predicted octanol–water partition coefficient (Wildman–Crippen LogP) is -0.603. The zero-order valence-electron chi connectivity index (χ0n) is 14.9. The number of hydrogen-bond acceptors (Lipinski definition) is 6. The largest absolute Gasteiger partial charge is 0.399 e. The minimum Gasteiger partial charge on any atom is -0.399 e. The highest BCUT2D eigenvalue weighted by molar-refractivity contribution is 5.95. The van der Waals surface area contributed by atoms with Gasteiger partial charge in [-0.3, -0.25) is 19.2 Å². The van der Waals surface area contributed by atoms with Gasteiger partial charge in [0.15, 0.2) is 0 Å². The van der Waals surface area contributed by atoms with Gasteiger partial charge in [0.25, 0.3) is 0 Å². The average Bonchev–Trinajstić information content (AvgIpc) is 2.60. The molecule has 0 fully saturated rings. The standard InChI is InChI=1S/C17H25N5O4/c1-11(23)9-20-15(24)8-7-14(19-2)17(26)21-10-16(25)22-13-5-3-12(18)4-6-13/h3-6,14,19H,7-10,18H2,1-2H3,(H,20,24)(H,21,26)(H,22,25). The molecule has 0 aliphatic rings. The van der Waals surface area contributed by atoms with Crippen molar-refractivity contribution in [1.29, 1.82) is 0 Å². The second kappa shape index (κ2) is 10.8. The molecule has 0 heterocycles. The third-order valence-electron chi connectivity index (χ3n) is 3.48. The van der Waals surface area contributed by atoms with E-state index in [1.54, 1.807) is 31.3 Å². The Bertz CT molecular complexity index is 645. The van der Waals surface area contributed by atoms with Gasteiger partial charge in [-0.1, -0.05) is 0 Å². The van der Waals surface area contributed by atoms with E-state index in [0.717, 1.165) is 0 Å². The molecule has 142 valence electrons. The van der Waals surface area contributed by atoms with Crippen LogP contribution in [0.3, 0.4) is 0 Å². The molecule has 9 nitrogen and oxygen atoms in total. The summed E-state index contributed by atoms with van der Waals surface area (Å²) in [6.45, 7) is 1.15. The number of nitrogens with one attached hydrogen (secondary N) is 4. The van der Waals surface area contributed by atoms with Crippen LogP contribution in [0.15, 0.2) is 24.3 Å². The Kier molecular flexibility index (Phi) is 8.79. The van der Waals surface area contributed by atoms with Gasteiger partial charge in [0.2, 0.25) is 17.7 Å². The molecule has 1 atom stereocenters. The molecule has 6 N–H and O–H groups in total. The summed E-state index contributed by atoms with van der Waals surface area (Å²) in [4.78, 5) is 46.4. The van der Waals surface area contributed by atoms with Gasteiger partial charge in [-0.25, -0.2) is 0 Å². The van der Waals surface area contributed by atoms with Crippen LogP contribution in [0.2, 0.25) is 0 Å². The SMILES string of the molecule is CNC(CCC(=O)NCC(C)=O)C(=O)NCC(=O)Nc1ccc(N)cc1. The molecule has 3 amide bonds. The molecule has 9 heteroatoms. The van der Waals surface area contributed by atoms with Crippen LogP contribution in [0.25, 0.3) is 0 Å². The number of benzene rings is 1. The molecular formula is C17H25N5O4. The van der Waals surface area contributed by atoms with Gasteiger partial charge < -0.3 is 27.0 Å². The lowest BCUT2D eigenvalue weighted by atomic mass is 10.1. The van der Waals surface area contributed by atoms with E-state index in [2.05, 4.69) is 21.3 Å². The minimum atomic E-state index is -0.623. The molecule has 0 aliphatic heterocycles. The van der Waals surface area contributed by atoms with Crippen LogP contribution in [0.1, 0.15) is 19.8 Å². The van der Waals surface area contributed by atoms with Crippen molar-refractivity contribution in [2.24, 2.45) is 0 Å². The molecule has 1 rings (SSSR count). The fourth-order valence-corrected chi connectivity index (χ4v) is 2.06. The zero-order chi connectivity index (χ0) is 19.5. The number of ketones is 1. The van der Waals surface area contributed by atoms with E-state index in [0.29, 0.717) is 11.4 Å². The van der Waals surface area contributed by atoms with Crippen LogP contribution in [-0.4, -0.2) is 49.7 Å². The van der Waals surface area contributed by atoms with Crippen LogP contribution in [0, 0.1) is 0 Å². The van der Waals surface area contributed by atoms with E-state index < -0.39 is 6.04 Å². The van der Waals surface area contributed by atoms with E-state index in [1.165, 1.54) is 6.92 Å². The number of nitrogen functional groups attached to an aromatic ring is 1. The Balaban J connectivity index is 2.36. The van der Waals surface area contributed by atoms with Gasteiger partial charge in [-0.05, 0) is 44.7 Å². The van der Waals surface area contributed by atoms with E-state index in [9.17, 15) is 19.2 Å². The first-order chi connectivity index (χ1) is 12.3. The predicted molar refractivity (Wildman–Crippen MR) is 98.3 cm³/mol. The molecule has 1 aromatic rings. The van der Waals surface area contributed by atoms with Crippen molar-refractivity contribution < 1.29 is 19.2 Å². The lowest BCUT2D eigenvalue weighted by Gasteiger charge is -2.15. The maximum Gasteiger partial charge on any atom is 0.243 e. The number of hydrogen-bond donors (Lipinski definition) is 5. The van der Waals surface area contributed by atoms with E-state index in [1.807, 2.05) is 0 Å². The first-order valence-electron chi connectivity index (χ1n) is 8.18. The Labute approximate surface area is 152 Å². The molecule has 0 saturated heterocycles. The molecule has 0 bridgehead atoms. The molecule has 0 spiro atoms. The third-order valence-corrected chi connectivity index (χ3v) is 3.48. The second-order valence-corrected chi connectivity index (χ2v) is 5.75. The smallest absolute Gasteiger partial charge is 0.243 e. The molecule has 1 unspecified atom stereocenters.